The van der Waals surface area contributed by atoms with Gasteiger partial charge in [0.15, 0.2) is 37.9 Å². The van der Waals surface area contributed by atoms with E-state index in [2.05, 4.69) is 72.0 Å². The molecule has 2 aromatic rings. The molecule has 3 nitrogen and oxygen atoms in total. The van der Waals surface area contributed by atoms with E-state index in [9.17, 15) is 0 Å². The Balaban J connectivity index is 0.00000200. The minimum absolute atomic E-state index is 0. The van der Waals surface area contributed by atoms with Gasteiger partial charge in [0, 0.05) is 24.3 Å². The van der Waals surface area contributed by atoms with Crippen molar-refractivity contribution in [2.75, 3.05) is 13.2 Å². The van der Waals surface area contributed by atoms with Gasteiger partial charge in [-0.3, -0.25) is 0 Å². The highest BCUT2D eigenvalue weighted by Crippen LogP contribution is 1.90. The van der Waals surface area contributed by atoms with Crippen molar-refractivity contribution < 1.29 is 61.8 Å². The molecular formula is C16H22I2N2O. The lowest BCUT2D eigenvalue weighted by atomic mass is 10.3. The van der Waals surface area contributed by atoms with Gasteiger partial charge in [-0.15, -0.1) is 0 Å². The normalized spacial score (nSPS) is 9.62. The topological polar surface area (TPSA) is 17.0 Å². The fourth-order valence-electron chi connectivity index (χ4n) is 1.80. The van der Waals surface area contributed by atoms with Crippen molar-refractivity contribution in [1.29, 1.82) is 0 Å². The van der Waals surface area contributed by atoms with Crippen LogP contribution in [0.5, 0.6) is 0 Å². The molecule has 0 N–H and O–H groups in total. The van der Waals surface area contributed by atoms with Gasteiger partial charge >= 0.3 is 0 Å². The fraction of sp³-hybridized carbons (Fsp3) is 0.375. The number of nitrogens with zero attached hydrogens (tertiary/aromatic N) is 2. The second-order valence-electron chi connectivity index (χ2n) is 4.84. The Morgan fingerprint density at radius 3 is 1.38 bits per heavy atom. The highest BCUT2D eigenvalue weighted by Gasteiger charge is 2.02. The van der Waals surface area contributed by atoms with E-state index in [1.54, 1.807) is 0 Å². The van der Waals surface area contributed by atoms with Crippen LogP contribution in [0.4, 0.5) is 0 Å². The first kappa shape index (κ1) is 20.7. The number of hydrogen-bond acceptors (Lipinski definition) is 1. The van der Waals surface area contributed by atoms with E-state index in [1.165, 1.54) is 11.1 Å². The molecule has 2 heterocycles. The number of hydrogen-bond donors (Lipinski definition) is 0. The summed E-state index contributed by atoms with van der Waals surface area (Å²) in [6, 6.07) is 8.45. The van der Waals surface area contributed by atoms with Crippen LogP contribution >= 0.6 is 0 Å². The van der Waals surface area contributed by atoms with Crippen LogP contribution in [-0.4, -0.2) is 13.2 Å². The fourth-order valence-corrected chi connectivity index (χ4v) is 1.80. The van der Waals surface area contributed by atoms with Gasteiger partial charge in [-0.1, -0.05) is 0 Å². The van der Waals surface area contributed by atoms with Crippen LogP contribution in [0.2, 0.25) is 0 Å². The summed E-state index contributed by atoms with van der Waals surface area (Å²) in [7, 11) is 0. The molecule has 116 valence electrons. The van der Waals surface area contributed by atoms with Crippen molar-refractivity contribution >= 4 is 0 Å². The molecular weight excluding hydrogens is 490 g/mol. The molecule has 2 aromatic heterocycles. The Bertz CT molecular complexity index is 453. The maximum Gasteiger partial charge on any atom is 0.171 e. The van der Waals surface area contributed by atoms with Crippen LogP contribution in [0.15, 0.2) is 49.1 Å². The maximum atomic E-state index is 5.66. The SMILES string of the molecule is Cc1cc[n+](CCOCC[n+]2ccc(C)cc2)cc1.[I-].[I-]. The van der Waals surface area contributed by atoms with Crippen LogP contribution in [0.25, 0.3) is 0 Å². The van der Waals surface area contributed by atoms with E-state index < -0.39 is 0 Å². The first-order valence-corrected chi connectivity index (χ1v) is 6.73. The lowest BCUT2D eigenvalue weighted by Crippen LogP contribution is -3.00. The Morgan fingerprint density at radius 2 is 1.05 bits per heavy atom. The molecule has 0 fully saturated rings. The molecule has 0 amide bonds. The highest BCUT2D eigenvalue weighted by atomic mass is 127. The minimum atomic E-state index is 0. The molecule has 0 spiro atoms. The molecule has 0 aliphatic carbocycles. The van der Waals surface area contributed by atoms with Gasteiger partial charge in [0.2, 0.25) is 0 Å². The average molecular weight is 512 g/mol. The zero-order chi connectivity index (χ0) is 13.5. The van der Waals surface area contributed by atoms with Crippen molar-refractivity contribution in [2.45, 2.75) is 26.9 Å². The summed E-state index contributed by atoms with van der Waals surface area (Å²) in [4.78, 5) is 0. The maximum absolute atomic E-state index is 5.66. The molecule has 21 heavy (non-hydrogen) atoms. The predicted molar refractivity (Wildman–Crippen MR) is 73.6 cm³/mol. The average Bonchev–Trinajstić information content (AvgIpc) is 2.43. The lowest BCUT2D eigenvalue weighted by molar-refractivity contribution is -0.705. The van der Waals surface area contributed by atoms with Gasteiger partial charge < -0.3 is 52.7 Å². The summed E-state index contributed by atoms with van der Waals surface area (Å²) < 4.78 is 9.95. The smallest absolute Gasteiger partial charge is 0.171 e. The van der Waals surface area contributed by atoms with E-state index in [1.807, 2.05) is 0 Å². The molecule has 2 rings (SSSR count). The van der Waals surface area contributed by atoms with E-state index in [0.717, 1.165) is 26.3 Å². The van der Waals surface area contributed by atoms with Crippen LogP contribution in [0, 0.1) is 13.8 Å². The summed E-state index contributed by atoms with van der Waals surface area (Å²) >= 11 is 0. The number of halogens is 2. The third kappa shape index (κ3) is 8.06. The first-order chi connectivity index (χ1) is 9.24. The molecule has 0 aromatic carbocycles. The van der Waals surface area contributed by atoms with Gasteiger partial charge in [-0.2, -0.15) is 0 Å². The second-order valence-corrected chi connectivity index (χ2v) is 4.84. The summed E-state index contributed by atoms with van der Waals surface area (Å²) in [6.07, 6.45) is 8.36. The predicted octanol–water partition coefficient (Wildman–Crippen LogP) is -4.40. The minimum Gasteiger partial charge on any atom is -1.00 e. The molecule has 0 aliphatic rings. The third-order valence-corrected chi connectivity index (χ3v) is 3.10. The molecule has 0 atom stereocenters. The molecule has 5 heteroatoms. The molecule has 0 bridgehead atoms. The Labute approximate surface area is 161 Å². The standard InChI is InChI=1S/C16H22N2O.2HI/c1-15-3-7-17(8-4-15)11-13-19-14-12-18-9-5-16(2)6-10-18;;/h3-10H,11-14H2,1-2H3;2*1H/q+2;;/p-2. The quantitative estimate of drug-likeness (QED) is 0.217. The second kappa shape index (κ2) is 11.3. The Kier molecular flexibility index (Phi) is 11.2. The number of pyridine rings is 2. The van der Waals surface area contributed by atoms with E-state index in [0.29, 0.717) is 0 Å². The van der Waals surface area contributed by atoms with Gasteiger partial charge in [0.25, 0.3) is 0 Å². The monoisotopic (exact) mass is 512 g/mol. The zero-order valence-electron chi connectivity index (χ0n) is 12.5. The number of ether oxygens (including phenoxy) is 1. The Morgan fingerprint density at radius 1 is 0.714 bits per heavy atom. The highest BCUT2D eigenvalue weighted by molar-refractivity contribution is 5.03. The van der Waals surface area contributed by atoms with Gasteiger partial charge in [-0.25, -0.2) is 9.13 Å². The molecule has 0 radical (unpaired) electrons. The van der Waals surface area contributed by atoms with Gasteiger partial charge in [0.1, 0.15) is 13.2 Å². The Hall–Kier alpha value is -0.280. The van der Waals surface area contributed by atoms with Crippen molar-refractivity contribution in [2.24, 2.45) is 0 Å². The van der Waals surface area contributed by atoms with E-state index in [4.69, 9.17) is 4.74 Å². The zero-order valence-corrected chi connectivity index (χ0v) is 16.8. The van der Waals surface area contributed by atoms with Crippen molar-refractivity contribution in [1.82, 2.24) is 0 Å². The van der Waals surface area contributed by atoms with Gasteiger partial charge in [0.05, 0.1) is 0 Å². The van der Waals surface area contributed by atoms with Crippen LogP contribution in [0.1, 0.15) is 11.1 Å². The third-order valence-electron chi connectivity index (χ3n) is 3.10. The first-order valence-electron chi connectivity index (χ1n) is 6.73. The van der Waals surface area contributed by atoms with Crippen molar-refractivity contribution in [3.8, 4) is 0 Å². The number of rotatable bonds is 6. The molecule has 0 aliphatic heterocycles. The number of aromatic nitrogens is 2. The van der Waals surface area contributed by atoms with Crippen molar-refractivity contribution in [3.05, 3.63) is 60.2 Å². The van der Waals surface area contributed by atoms with Crippen LogP contribution < -0.4 is 57.1 Å². The summed E-state index contributed by atoms with van der Waals surface area (Å²) in [5.74, 6) is 0. The summed E-state index contributed by atoms with van der Waals surface area (Å²) in [6.45, 7) is 7.50. The van der Waals surface area contributed by atoms with Gasteiger partial charge in [-0.05, 0) is 25.0 Å². The summed E-state index contributed by atoms with van der Waals surface area (Å²) in [5, 5.41) is 0. The largest absolute Gasteiger partial charge is 1.00 e. The van der Waals surface area contributed by atoms with Crippen LogP contribution in [0.3, 0.4) is 0 Å². The van der Waals surface area contributed by atoms with Crippen LogP contribution in [-0.2, 0) is 17.8 Å². The van der Waals surface area contributed by atoms with E-state index in [-0.39, 0.29) is 48.0 Å². The van der Waals surface area contributed by atoms with Crippen molar-refractivity contribution in [3.63, 3.8) is 0 Å². The molecule has 0 unspecified atom stereocenters. The van der Waals surface area contributed by atoms with E-state index >= 15 is 0 Å². The molecule has 0 saturated heterocycles. The summed E-state index contributed by atoms with van der Waals surface area (Å²) in [5.41, 5.74) is 2.57. The lowest BCUT2D eigenvalue weighted by Gasteiger charge is -2.00. The number of aryl methyl sites for hydroxylation is 2. The molecule has 0 saturated carbocycles.